The van der Waals surface area contributed by atoms with Crippen LogP contribution in [0, 0.1) is 5.92 Å². The van der Waals surface area contributed by atoms with Crippen molar-refractivity contribution in [3.05, 3.63) is 11.8 Å². The summed E-state index contributed by atoms with van der Waals surface area (Å²) in [7, 11) is 1.85. The van der Waals surface area contributed by atoms with Crippen LogP contribution in [-0.2, 0) is 9.53 Å². The Kier molecular flexibility index (Phi) is 3.96. The highest BCUT2D eigenvalue weighted by atomic mass is 16.5. The summed E-state index contributed by atoms with van der Waals surface area (Å²) in [5.41, 5.74) is 0. The molecule has 1 N–H and O–H groups in total. The van der Waals surface area contributed by atoms with E-state index in [1.165, 1.54) is 0 Å². The zero-order chi connectivity index (χ0) is 9.68. The lowest BCUT2D eigenvalue weighted by Gasteiger charge is -2.16. The van der Waals surface area contributed by atoms with Crippen molar-refractivity contribution in [1.29, 1.82) is 0 Å². The van der Waals surface area contributed by atoms with E-state index in [1.54, 1.807) is 0 Å². The Bertz CT molecular complexity index is 211. The van der Waals surface area contributed by atoms with Crippen LogP contribution in [0.15, 0.2) is 11.8 Å². The number of carbonyl (C=O) groups is 1. The molecule has 1 aliphatic heterocycles. The Labute approximate surface area is 79.2 Å². The number of Topliss-reactive ketones (excluding diaryl/α,β-unsaturated/α-hetero) is 1. The molecule has 0 saturated carbocycles. The molecule has 0 aromatic carbocycles. The molecule has 1 heterocycles. The Morgan fingerprint density at radius 1 is 1.77 bits per heavy atom. The average Bonchev–Trinajstić information content (AvgIpc) is 2.18. The van der Waals surface area contributed by atoms with Crippen molar-refractivity contribution in [3.8, 4) is 0 Å². The van der Waals surface area contributed by atoms with E-state index in [0.29, 0.717) is 18.9 Å². The van der Waals surface area contributed by atoms with Gasteiger partial charge in [0.15, 0.2) is 5.76 Å². The van der Waals surface area contributed by atoms with Gasteiger partial charge in [0.25, 0.3) is 0 Å². The van der Waals surface area contributed by atoms with E-state index in [-0.39, 0.29) is 11.7 Å². The van der Waals surface area contributed by atoms with Crippen LogP contribution in [0.4, 0.5) is 0 Å². The minimum Gasteiger partial charge on any atom is -0.490 e. The van der Waals surface area contributed by atoms with E-state index in [2.05, 4.69) is 5.32 Å². The standard InChI is InChI=1S/C10H17NO2/c1-8(7-11-2)10(12)9-5-3-4-6-13-9/h5,8,11H,3-4,6-7H2,1-2H3. The number of allylic oxidation sites excluding steroid dienone is 2. The van der Waals surface area contributed by atoms with Gasteiger partial charge in [0.05, 0.1) is 6.61 Å². The number of hydrogen-bond donors (Lipinski definition) is 1. The minimum absolute atomic E-state index is 0.00866. The zero-order valence-electron chi connectivity index (χ0n) is 8.30. The summed E-state index contributed by atoms with van der Waals surface area (Å²) in [5.74, 6) is 0.692. The van der Waals surface area contributed by atoms with Gasteiger partial charge in [-0.05, 0) is 26.0 Å². The highest BCUT2D eigenvalue weighted by Crippen LogP contribution is 2.14. The first-order valence-corrected chi connectivity index (χ1v) is 4.77. The van der Waals surface area contributed by atoms with Crippen LogP contribution in [0.3, 0.4) is 0 Å². The molecule has 0 aromatic rings. The third kappa shape index (κ3) is 2.84. The second-order valence-corrected chi connectivity index (χ2v) is 3.38. The van der Waals surface area contributed by atoms with Crippen LogP contribution in [0.5, 0.6) is 0 Å². The molecular formula is C10H17NO2. The Morgan fingerprint density at radius 3 is 3.08 bits per heavy atom. The van der Waals surface area contributed by atoms with Gasteiger partial charge in [0.1, 0.15) is 0 Å². The van der Waals surface area contributed by atoms with Crippen LogP contribution in [0.1, 0.15) is 19.8 Å². The van der Waals surface area contributed by atoms with Crippen molar-refractivity contribution in [2.45, 2.75) is 19.8 Å². The second-order valence-electron chi connectivity index (χ2n) is 3.38. The second kappa shape index (κ2) is 5.02. The number of hydrogen-bond acceptors (Lipinski definition) is 3. The lowest BCUT2D eigenvalue weighted by Crippen LogP contribution is -2.26. The average molecular weight is 183 g/mol. The van der Waals surface area contributed by atoms with E-state index < -0.39 is 0 Å². The summed E-state index contributed by atoms with van der Waals surface area (Å²) in [6.45, 7) is 3.31. The molecular weight excluding hydrogens is 166 g/mol. The number of carbonyl (C=O) groups excluding carboxylic acids is 1. The molecule has 74 valence electrons. The lowest BCUT2D eigenvalue weighted by molar-refractivity contribution is -0.122. The van der Waals surface area contributed by atoms with Crippen LogP contribution < -0.4 is 5.32 Å². The van der Waals surface area contributed by atoms with Crippen molar-refractivity contribution in [1.82, 2.24) is 5.32 Å². The molecule has 0 aliphatic carbocycles. The summed E-state index contributed by atoms with van der Waals surface area (Å²) in [5, 5.41) is 2.98. The maximum atomic E-state index is 11.7. The van der Waals surface area contributed by atoms with E-state index in [1.807, 2.05) is 20.0 Å². The molecule has 3 nitrogen and oxygen atoms in total. The van der Waals surface area contributed by atoms with Crippen LogP contribution in [-0.4, -0.2) is 26.0 Å². The third-order valence-electron chi connectivity index (χ3n) is 2.14. The fourth-order valence-corrected chi connectivity index (χ4v) is 1.37. The molecule has 3 heteroatoms. The molecule has 1 unspecified atom stereocenters. The summed E-state index contributed by atoms with van der Waals surface area (Å²) >= 11 is 0. The van der Waals surface area contributed by atoms with Gasteiger partial charge in [0.2, 0.25) is 5.78 Å². The van der Waals surface area contributed by atoms with Gasteiger partial charge in [-0.2, -0.15) is 0 Å². The molecule has 0 amide bonds. The van der Waals surface area contributed by atoms with Crippen LogP contribution in [0.25, 0.3) is 0 Å². The van der Waals surface area contributed by atoms with E-state index in [9.17, 15) is 4.79 Å². The van der Waals surface area contributed by atoms with Gasteiger partial charge in [-0.1, -0.05) is 6.92 Å². The van der Waals surface area contributed by atoms with Crippen molar-refractivity contribution in [2.75, 3.05) is 20.2 Å². The summed E-state index contributed by atoms with van der Waals surface area (Å²) in [4.78, 5) is 11.7. The first-order valence-electron chi connectivity index (χ1n) is 4.77. The fourth-order valence-electron chi connectivity index (χ4n) is 1.37. The molecule has 0 spiro atoms. The molecule has 13 heavy (non-hydrogen) atoms. The molecule has 1 aliphatic rings. The lowest BCUT2D eigenvalue weighted by atomic mass is 10.0. The zero-order valence-corrected chi connectivity index (χ0v) is 8.30. The molecule has 0 saturated heterocycles. The summed E-state index contributed by atoms with van der Waals surface area (Å²) < 4.78 is 5.29. The van der Waals surface area contributed by atoms with Gasteiger partial charge in [-0.15, -0.1) is 0 Å². The van der Waals surface area contributed by atoms with Gasteiger partial charge < -0.3 is 10.1 Å². The smallest absolute Gasteiger partial charge is 0.201 e. The molecule has 0 aromatic heterocycles. The van der Waals surface area contributed by atoms with Crippen molar-refractivity contribution in [3.63, 3.8) is 0 Å². The maximum Gasteiger partial charge on any atom is 0.201 e. The number of ether oxygens (including phenoxy) is 1. The van der Waals surface area contributed by atoms with E-state index in [4.69, 9.17) is 4.74 Å². The molecule has 1 rings (SSSR count). The highest BCUT2D eigenvalue weighted by molar-refractivity contribution is 5.95. The first-order chi connectivity index (χ1) is 6.25. The highest BCUT2D eigenvalue weighted by Gasteiger charge is 2.19. The molecule has 1 atom stereocenters. The Morgan fingerprint density at radius 2 is 2.54 bits per heavy atom. The molecule has 0 fully saturated rings. The largest absolute Gasteiger partial charge is 0.490 e. The van der Waals surface area contributed by atoms with E-state index >= 15 is 0 Å². The van der Waals surface area contributed by atoms with Gasteiger partial charge in [-0.3, -0.25) is 4.79 Å². The van der Waals surface area contributed by atoms with Gasteiger partial charge in [0, 0.05) is 12.5 Å². The molecule has 0 radical (unpaired) electrons. The first kappa shape index (κ1) is 10.3. The maximum absolute atomic E-state index is 11.7. The van der Waals surface area contributed by atoms with E-state index in [0.717, 1.165) is 12.8 Å². The monoisotopic (exact) mass is 183 g/mol. The predicted octanol–water partition coefficient (Wildman–Crippen LogP) is 1.11. The van der Waals surface area contributed by atoms with Crippen molar-refractivity contribution < 1.29 is 9.53 Å². The van der Waals surface area contributed by atoms with Gasteiger partial charge in [-0.25, -0.2) is 0 Å². The molecule has 0 bridgehead atoms. The SMILES string of the molecule is CNCC(C)C(=O)C1=CCCCO1. The van der Waals surface area contributed by atoms with Gasteiger partial charge >= 0.3 is 0 Å². The van der Waals surface area contributed by atoms with Crippen molar-refractivity contribution >= 4 is 5.78 Å². The number of rotatable bonds is 4. The minimum atomic E-state index is 0.00866. The topological polar surface area (TPSA) is 38.3 Å². The number of ketones is 1. The Balaban J connectivity index is 2.50. The summed E-state index contributed by atoms with van der Waals surface area (Å²) in [6, 6.07) is 0. The predicted molar refractivity (Wildman–Crippen MR) is 51.4 cm³/mol. The van der Waals surface area contributed by atoms with Crippen LogP contribution in [0.2, 0.25) is 0 Å². The quantitative estimate of drug-likeness (QED) is 0.709. The summed E-state index contributed by atoms with van der Waals surface area (Å²) in [6.07, 6.45) is 3.89. The third-order valence-corrected chi connectivity index (χ3v) is 2.14. The number of nitrogens with one attached hydrogen (secondary N) is 1. The van der Waals surface area contributed by atoms with Crippen LogP contribution >= 0.6 is 0 Å². The Hall–Kier alpha value is -0.830. The fraction of sp³-hybridized carbons (Fsp3) is 0.700. The van der Waals surface area contributed by atoms with Crippen molar-refractivity contribution in [2.24, 2.45) is 5.92 Å². The normalized spacial score (nSPS) is 18.8.